The normalized spacial score (nSPS) is 12.2. The Morgan fingerprint density at radius 1 is 1.33 bits per heavy atom. The molecule has 0 bridgehead atoms. The van der Waals surface area contributed by atoms with Crippen molar-refractivity contribution in [2.45, 2.75) is 26.4 Å². The molecule has 128 valence electrons. The molecule has 0 radical (unpaired) electrons. The molecule has 8 heteroatoms. The van der Waals surface area contributed by atoms with Crippen molar-refractivity contribution in [2.24, 2.45) is 5.92 Å². The van der Waals surface area contributed by atoms with Gasteiger partial charge in [0.05, 0.1) is 12.2 Å². The molecule has 1 N–H and O–H groups in total. The third-order valence-electron chi connectivity index (χ3n) is 3.72. The van der Waals surface area contributed by atoms with Gasteiger partial charge in [0, 0.05) is 12.1 Å². The molecule has 0 fully saturated rings. The summed E-state index contributed by atoms with van der Waals surface area (Å²) in [5.74, 6) is -1.25. The second kappa shape index (κ2) is 7.44. The second-order valence-electron chi connectivity index (χ2n) is 5.82. The molecule has 7 nitrogen and oxygen atoms in total. The largest absolute Gasteiger partial charge is 0.476 e. The van der Waals surface area contributed by atoms with E-state index >= 15 is 0 Å². The molecule has 2 rings (SSSR count). The third-order valence-corrected chi connectivity index (χ3v) is 4.07. The molecule has 0 aliphatic carbocycles. The van der Waals surface area contributed by atoms with E-state index in [0.29, 0.717) is 5.02 Å². The standard InChI is InChI=1S/C16H19ClN4O3/c1-10(2)15(11-6-4-5-7-12(11)17)20(3)14(22)9-21-8-13(16(23)24)18-19-21/h4-8,10,15H,9H2,1-3H3,(H,23,24). The Bertz CT molecular complexity index is 744. The maximum atomic E-state index is 12.6. The number of aromatic carboxylic acids is 1. The van der Waals surface area contributed by atoms with Crippen LogP contribution in [0.25, 0.3) is 0 Å². The number of benzene rings is 1. The van der Waals surface area contributed by atoms with Crippen molar-refractivity contribution >= 4 is 23.5 Å². The number of carbonyl (C=O) groups is 2. The predicted octanol–water partition coefficient (Wildman–Crippen LogP) is 2.49. The molecule has 0 saturated carbocycles. The number of halogens is 1. The Kier molecular flexibility index (Phi) is 5.56. The van der Waals surface area contributed by atoms with E-state index in [1.54, 1.807) is 18.0 Å². The Morgan fingerprint density at radius 3 is 2.54 bits per heavy atom. The van der Waals surface area contributed by atoms with Gasteiger partial charge in [0.25, 0.3) is 0 Å². The quantitative estimate of drug-likeness (QED) is 0.864. The monoisotopic (exact) mass is 350 g/mol. The number of carboxylic acids is 1. The Hall–Kier alpha value is -2.41. The summed E-state index contributed by atoms with van der Waals surface area (Å²) in [6.45, 7) is 3.93. The van der Waals surface area contributed by atoms with Crippen LogP contribution in [0.5, 0.6) is 0 Å². The fourth-order valence-corrected chi connectivity index (χ4v) is 2.86. The first kappa shape index (κ1) is 17.9. The van der Waals surface area contributed by atoms with Crippen molar-refractivity contribution in [2.75, 3.05) is 7.05 Å². The van der Waals surface area contributed by atoms with Crippen molar-refractivity contribution in [1.82, 2.24) is 19.9 Å². The lowest BCUT2D eigenvalue weighted by atomic mass is 9.94. The van der Waals surface area contributed by atoms with E-state index in [-0.39, 0.29) is 30.1 Å². The summed E-state index contributed by atoms with van der Waals surface area (Å²) < 4.78 is 1.21. The van der Waals surface area contributed by atoms with E-state index in [0.717, 1.165) is 5.56 Å². The van der Waals surface area contributed by atoms with Gasteiger partial charge in [-0.25, -0.2) is 9.48 Å². The van der Waals surface area contributed by atoms with Gasteiger partial charge in [0.15, 0.2) is 5.69 Å². The zero-order valence-corrected chi connectivity index (χ0v) is 14.4. The van der Waals surface area contributed by atoms with Gasteiger partial charge in [-0.1, -0.05) is 48.9 Å². The summed E-state index contributed by atoms with van der Waals surface area (Å²) in [7, 11) is 1.70. The Balaban J connectivity index is 2.20. The molecular formula is C16H19ClN4O3. The number of carboxylic acid groups (broad SMARTS) is 1. The van der Waals surface area contributed by atoms with E-state index in [1.807, 2.05) is 32.0 Å². The fourth-order valence-electron chi connectivity index (χ4n) is 2.61. The van der Waals surface area contributed by atoms with Crippen LogP contribution in [-0.2, 0) is 11.3 Å². The number of aromatic nitrogens is 3. The minimum atomic E-state index is -1.18. The molecule has 0 aliphatic rings. The third kappa shape index (κ3) is 3.91. The first-order chi connectivity index (χ1) is 11.3. The molecule has 0 spiro atoms. The second-order valence-corrected chi connectivity index (χ2v) is 6.23. The van der Waals surface area contributed by atoms with Gasteiger partial charge in [-0.05, 0) is 17.5 Å². The minimum Gasteiger partial charge on any atom is -0.476 e. The van der Waals surface area contributed by atoms with Gasteiger partial charge in [0.2, 0.25) is 5.91 Å². The molecule has 1 atom stereocenters. The highest BCUT2D eigenvalue weighted by molar-refractivity contribution is 6.31. The predicted molar refractivity (Wildman–Crippen MR) is 88.8 cm³/mol. The molecule has 0 saturated heterocycles. The lowest BCUT2D eigenvalue weighted by Crippen LogP contribution is -2.36. The highest BCUT2D eigenvalue weighted by Gasteiger charge is 2.26. The van der Waals surface area contributed by atoms with Crippen LogP contribution in [0.4, 0.5) is 0 Å². The number of rotatable bonds is 6. The van der Waals surface area contributed by atoms with Gasteiger partial charge in [-0.3, -0.25) is 4.79 Å². The van der Waals surface area contributed by atoms with Crippen LogP contribution in [0.1, 0.15) is 35.9 Å². The van der Waals surface area contributed by atoms with E-state index in [9.17, 15) is 9.59 Å². The molecule has 1 heterocycles. The van der Waals surface area contributed by atoms with Crippen LogP contribution < -0.4 is 0 Å². The lowest BCUT2D eigenvalue weighted by molar-refractivity contribution is -0.133. The summed E-state index contributed by atoms with van der Waals surface area (Å²) in [5.41, 5.74) is 0.673. The Morgan fingerprint density at radius 2 is 2.00 bits per heavy atom. The van der Waals surface area contributed by atoms with Gasteiger partial charge in [-0.15, -0.1) is 5.10 Å². The van der Waals surface area contributed by atoms with Gasteiger partial charge in [-0.2, -0.15) is 0 Å². The number of likely N-dealkylation sites (N-methyl/N-ethyl adjacent to an activating group) is 1. The van der Waals surface area contributed by atoms with Crippen LogP contribution in [0.3, 0.4) is 0 Å². The fraction of sp³-hybridized carbons (Fsp3) is 0.375. The minimum absolute atomic E-state index is 0.0928. The molecule has 2 aromatic rings. The molecule has 0 aliphatic heterocycles. The number of nitrogens with zero attached hydrogens (tertiary/aromatic N) is 4. The Labute approximate surface area is 144 Å². The number of carbonyl (C=O) groups excluding carboxylic acids is 1. The maximum Gasteiger partial charge on any atom is 0.358 e. The van der Waals surface area contributed by atoms with Crippen LogP contribution >= 0.6 is 11.6 Å². The first-order valence-electron chi connectivity index (χ1n) is 7.44. The van der Waals surface area contributed by atoms with Crippen molar-refractivity contribution in [3.05, 3.63) is 46.7 Å². The molecule has 1 amide bonds. The SMILES string of the molecule is CC(C)C(c1ccccc1Cl)N(C)C(=O)Cn1cc(C(=O)O)nn1. The topological polar surface area (TPSA) is 88.3 Å². The number of hydrogen-bond donors (Lipinski definition) is 1. The highest BCUT2D eigenvalue weighted by Crippen LogP contribution is 2.32. The van der Waals surface area contributed by atoms with Crippen LogP contribution in [0.15, 0.2) is 30.5 Å². The molecule has 24 heavy (non-hydrogen) atoms. The highest BCUT2D eigenvalue weighted by atomic mass is 35.5. The summed E-state index contributed by atoms with van der Waals surface area (Å²) in [4.78, 5) is 25.0. The average molecular weight is 351 g/mol. The van der Waals surface area contributed by atoms with Gasteiger partial charge in [0.1, 0.15) is 6.54 Å². The van der Waals surface area contributed by atoms with Crippen molar-refractivity contribution in [3.63, 3.8) is 0 Å². The molecular weight excluding hydrogens is 332 g/mol. The van der Waals surface area contributed by atoms with E-state index in [2.05, 4.69) is 10.3 Å². The number of amides is 1. The van der Waals surface area contributed by atoms with E-state index in [1.165, 1.54) is 10.9 Å². The van der Waals surface area contributed by atoms with Crippen molar-refractivity contribution in [1.29, 1.82) is 0 Å². The zero-order valence-electron chi connectivity index (χ0n) is 13.7. The van der Waals surface area contributed by atoms with Gasteiger partial charge >= 0.3 is 5.97 Å². The average Bonchev–Trinajstić information content (AvgIpc) is 2.97. The molecule has 1 aromatic carbocycles. The van der Waals surface area contributed by atoms with Gasteiger partial charge < -0.3 is 10.0 Å². The summed E-state index contributed by atoms with van der Waals surface area (Å²) >= 11 is 6.28. The smallest absolute Gasteiger partial charge is 0.358 e. The zero-order chi connectivity index (χ0) is 17.9. The van der Waals surface area contributed by atoms with E-state index < -0.39 is 5.97 Å². The lowest BCUT2D eigenvalue weighted by Gasteiger charge is -2.32. The summed E-state index contributed by atoms with van der Waals surface area (Å²) in [6.07, 6.45) is 1.23. The van der Waals surface area contributed by atoms with Crippen molar-refractivity contribution < 1.29 is 14.7 Å². The number of hydrogen-bond acceptors (Lipinski definition) is 4. The van der Waals surface area contributed by atoms with Crippen LogP contribution in [-0.4, -0.2) is 43.9 Å². The summed E-state index contributed by atoms with van der Waals surface area (Å²) in [5, 5.41) is 16.6. The van der Waals surface area contributed by atoms with Crippen LogP contribution in [0.2, 0.25) is 5.02 Å². The maximum absolute atomic E-state index is 12.6. The molecule has 1 aromatic heterocycles. The first-order valence-corrected chi connectivity index (χ1v) is 7.82. The molecule has 1 unspecified atom stereocenters. The summed E-state index contributed by atoms with van der Waals surface area (Å²) in [6, 6.07) is 7.21. The van der Waals surface area contributed by atoms with Crippen LogP contribution in [0, 0.1) is 5.92 Å². The van der Waals surface area contributed by atoms with Crippen molar-refractivity contribution in [3.8, 4) is 0 Å². The van der Waals surface area contributed by atoms with E-state index in [4.69, 9.17) is 16.7 Å².